The molecular formula is C23H17ClN4O2. The first-order valence-corrected chi connectivity index (χ1v) is 9.63. The molecule has 4 aromatic rings. The van der Waals surface area contributed by atoms with Crippen molar-refractivity contribution in [1.82, 2.24) is 20.8 Å². The molecule has 4 rings (SSSR count). The number of aromatic nitrogens is 2. The van der Waals surface area contributed by atoms with E-state index in [2.05, 4.69) is 20.8 Å². The van der Waals surface area contributed by atoms with Crippen LogP contribution >= 0.6 is 11.6 Å². The molecule has 6 nitrogen and oxygen atoms in total. The zero-order valence-corrected chi connectivity index (χ0v) is 16.6. The van der Waals surface area contributed by atoms with Gasteiger partial charge in [-0.15, -0.1) is 0 Å². The quantitative estimate of drug-likeness (QED) is 0.493. The Balaban J connectivity index is 1.57. The molecule has 0 atom stereocenters. The first kappa shape index (κ1) is 19.5. The second-order valence-electron chi connectivity index (χ2n) is 6.56. The molecule has 2 aromatic heterocycles. The monoisotopic (exact) mass is 416 g/mol. The normalized spacial score (nSPS) is 10.6. The van der Waals surface area contributed by atoms with Crippen molar-refractivity contribution >= 4 is 34.3 Å². The van der Waals surface area contributed by atoms with Gasteiger partial charge in [-0.3, -0.25) is 25.4 Å². The predicted molar refractivity (Wildman–Crippen MR) is 116 cm³/mol. The Morgan fingerprint density at radius 2 is 1.63 bits per heavy atom. The highest BCUT2D eigenvalue weighted by molar-refractivity contribution is 6.31. The van der Waals surface area contributed by atoms with Crippen molar-refractivity contribution in [1.29, 1.82) is 0 Å². The number of carbonyl (C=O) groups is 2. The van der Waals surface area contributed by atoms with Gasteiger partial charge in [-0.2, -0.15) is 0 Å². The van der Waals surface area contributed by atoms with Crippen molar-refractivity contribution in [3.8, 4) is 11.4 Å². The van der Waals surface area contributed by atoms with Crippen LogP contribution in [-0.4, -0.2) is 21.8 Å². The summed E-state index contributed by atoms with van der Waals surface area (Å²) in [6.45, 7) is 0. The number of hydrazine groups is 1. The van der Waals surface area contributed by atoms with Gasteiger partial charge in [0.05, 0.1) is 28.9 Å². The lowest BCUT2D eigenvalue weighted by Crippen LogP contribution is -2.42. The number of halogens is 1. The van der Waals surface area contributed by atoms with Crippen molar-refractivity contribution in [3.05, 3.63) is 95.1 Å². The number of para-hydroxylation sites is 1. The molecule has 2 amide bonds. The Bertz CT molecular complexity index is 1230. The highest BCUT2D eigenvalue weighted by Gasteiger charge is 2.15. The molecule has 0 aliphatic rings. The van der Waals surface area contributed by atoms with Gasteiger partial charge in [-0.25, -0.2) is 4.98 Å². The summed E-state index contributed by atoms with van der Waals surface area (Å²) >= 11 is 6.09. The van der Waals surface area contributed by atoms with Gasteiger partial charge in [0.25, 0.3) is 5.91 Å². The maximum atomic E-state index is 12.9. The third-order valence-electron chi connectivity index (χ3n) is 4.51. The van der Waals surface area contributed by atoms with Crippen LogP contribution in [0.1, 0.15) is 15.9 Å². The molecule has 0 saturated carbocycles. The van der Waals surface area contributed by atoms with E-state index in [1.165, 1.54) is 0 Å². The molecule has 0 spiro atoms. The fraction of sp³-hybridized carbons (Fsp3) is 0.0435. The minimum atomic E-state index is -0.446. The molecule has 2 N–H and O–H groups in total. The lowest BCUT2D eigenvalue weighted by Gasteiger charge is -2.11. The van der Waals surface area contributed by atoms with Gasteiger partial charge in [0.15, 0.2) is 0 Å². The van der Waals surface area contributed by atoms with Crippen LogP contribution in [-0.2, 0) is 11.2 Å². The maximum absolute atomic E-state index is 12.9. The Labute approximate surface area is 177 Å². The van der Waals surface area contributed by atoms with E-state index in [0.717, 1.165) is 0 Å². The largest absolute Gasteiger partial charge is 0.273 e. The molecule has 0 unspecified atom stereocenters. The lowest BCUT2D eigenvalue weighted by molar-refractivity contribution is -0.121. The van der Waals surface area contributed by atoms with E-state index in [0.29, 0.717) is 38.4 Å². The van der Waals surface area contributed by atoms with Gasteiger partial charge < -0.3 is 0 Å². The minimum absolute atomic E-state index is 0.0518. The second-order valence-corrected chi connectivity index (χ2v) is 6.96. The number of hydrogen-bond donors (Lipinski definition) is 2. The molecule has 0 saturated heterocycles. The highest BCUT2D eigenvalue weighted by atomic mass is 35.5. The number of pyridine rings is 2. The Hall–Kier alpha value is -3.77. The molecule has 2 heterocycles. The molecule has 2 aromatic carbocycles. The molecule has 30 heavy (non-hydrogen) atoms. The van der Waals surface area contributed by atoms with Crippen LogP contribution in [0.4, 0.5) is 0 Å². The van der Waals surface area contributed by atoms with Gasteiger partial charge in [0.2, 0.25) is 5.91 Å². The maximum Gasteiger partial charge on any atom is 0.270 e. The summed E-state index contributed by atoms with van der Waals surface area (Å²) in [5, 5.41) is 1.18. The van der Waals surface area contributed by atoms with E-state index < -0.39 is 5.91 Å². The average Bonchev–Trinajstić information content (AvgIpc) is 2.79. The Kier molecular flexibility index (Phi) is 5.68. The molecule has 0 bridgehead atoms. The first-order valence-electron chi connectivity index (χ1n) is 9.25. The van der Waals surface area contributed by atoms with Crippen molar-refractivity contribution in [2.24, 2.45) is 0 Å². The van der Waals surface area contributed by atoms with Crippen LogP contribution in [0.5, 0.6) is 0 Å². The van der Waals surface area contributed by atoms with Crippen molar-refractivity contribution < 1.29 is 9.59 Å². The van der Waals surface area contributed by atoms with E-state index in [4.69, 9.17) is 11.6 Å². The summed E-state index contributed by atoms with van der Waals surface area (Å²) in [5.41, 5.74) is 7.88. The molecule has 7 heteroatoms. The minimum Gasteiger partial charge on any atom is -0.273 e. The van der Waals surface area contributed by atoms with Crippen molar-refractivity contribution in [3.63, 3.8) is 0 Å². The molecule has 0 aliphatic carbocycles. The fourth-order valence-corrected chi connectivity index (χ4v) is 3.26. The topological polar surface area (TPSA) is 84.0 Å². The van der Waals surface area contributed by atoms with E-state index >= 15 is 0 Å². The van der Waals surface area contributed by atoms with Gasteiger partial charge in [-0.05, 0) is 35.9 Å². The smallest absolute Gasteiger partial charge is 0.270 e. The summed E-state index contributed by atoms with van der Waals surface area (Å²) in [6.07, 6.45) is 1.72. The van der Waals surface area contributed by atoms with Crippen LogP contribution in [0.3, 0.4) is 0 Å². The fourth-order valence-electron chi connectivity index (χ4n) is 3.06. The van der Waals surface area contributed by atoms with Crippen LogP contribution in [0.15, 0.2) is 79.0 Å². The number of benzene rings is 2. The summed E-state index contributed by atoms with van der Waals surface area (Å²) in [7, 11) is 0. The van der Waals surface area contributed by atoms with Gasteiger partial charge >= 0.3 is 0 Å². The number of fused-ring (bicyclic) bond motifs is 1. The van der Waals surface area contributed by atoms with E-state index in [1.54, 1.807) is 36.5 Å². The predicted octanol–water partition coefficient (Wildman–Crippen LogP) is 3.95. The lowest BCUT2D eigenvalue weighted by atomic mass is 10.1. The number of nitrogens with zero attached hydrogens (tertiary/aromatic N) is 2. The highest BCUT2D eigenvalue weighted by Crippen LogP contribution is 2.23. The van der Waals surface area contributed by atoms with E-state index in [-0.39, 0.29) is 12.3 Å². The van der Waals surface area contributed by atoms with Gasteiger partial charge in [-0.1, -0.05) is 54.1 Å². The van der Waals surface area contributed by atoms with Gasteiger partial charge in [0, 0.05) is 16.6 Å². The number of hydrogen-bond acceptors (Lipinski definition) is 4. The molecule has 0 radical (unpaired) electrons. The van der Waals surface area contributed by atoms with Crippen molar-refractivity contribution in [2.75, 3.05) is 0 Å². The summed E-state index contributed by atoms with van der Waals surface area (Å²) in [6, 6.07) is 21.5. The molecular weight excluding hydrogens is 400 g/mol. The average molecular weight is 417 g/mol. The van der Waals surface area contributed by atoms with Crippen LogP contribution in [0, 0.1) is 0 Å². The van der Waals surface area contributed by atoms with Crippen LogP contribution in [0.2, 0.25) is 5.02 Å². The summed E-state index contributed by atoms with van der Waals surface area (Å²) in [4.78, 5) is 34.0. The molecule has 0 fully saturated rings. The van der Waals surface area contributed by atoms with E-state index in [1.807, 2.05) is 42.5 Å². The second kappa shape index (κ2) is 8.71. The van der Waals surface area contributed by atoms with Gasteiger partial charge in [0.1, 0.15) is 0 Å². The summed E-state index contributed by atoms with van der Waals surface area (Å²) in [5.74, 6) is -0.821. The van der Waals surface area contributed by atoms with Crippen LogP contribution in [0.25, 0.3) is 22.3 Å². The first-order chi connectivity index (χ1) is 14.6. The number of carbonyl (C=O) groups excluding carboxylic acids is 2. The zero-order valence-electron chi connectivity index (χ0n) is 15.8. The standard InChI is InChI=1S/C23H17ClN4O2/c24-18-9-3-1-7-15(18)13-22(29)27-28-23(30)17-14-21(20-11-5-6-12-25-20)26-19-10-4-2-8-16(17)19/h1-12,14H,13H2,(H,27,29)(H,28,30). The van der Waals surface area contributed by atoms with E-state index in [9.17, 15) is 9.59 Å². The number of nitrogens with one attached hydrogen (secondary N) is 2. The molecule has 148 valence electrons. The number of rotatable bonds is 4. The Morgan fingerprint density at radius 3 is 2.43 bits per heavy atom. The van der Waals surface area contributed by atoms with Crippen molar-refractivity contribution in [2.45, 2.75) is 6.42 Å². The number of amides is 2. The third kappa shape index (κ3) is 4.29. The Morgan fingerprint density at radius 1 is 0.867 bits per heavy atom. The SMILES string of the molecule is O=C(Cc1ccccc1Cl)NNC(=O)c1cc(-c2ccccn2)nc2ccccc12. The molecule has 0 aliphatic heterocycles. The third-order valence-corrected chi connectivity index (χ3v) is 4.88. The summed E-state index contributed by atoms with van der Waals surface area (Å²) < 4.78 is 0. The zero-order chi connectivity index (χ0) is 20.9. The van der Waals surface area contributed by atoms with Crippen LogP contribution < -0.4 is 10.9 Å².